The van der Waals surface area contributed by atoms with Crippen LogP contribution in [0.2, 0.25) is 0 Å². The van der Waals surface area contributed by atoms with Crippen molar-refractivity contribution in [3.8, 4) is 11.5 Å². The quantitative estimate of drug-likeness (QED) is 0.299. The molecule has 0 saturated heterocycles. The van der Waals surface area contributed by atoms with Gasteiger partial charge in [-0.15, -0.1) is 0 Å². The second-order valence-corrected chi connectivity index (χ2v) is 10.2. The first kappa shape index (κ1) is 23.7. The van der Waals surface area contributed by atoms with Crippen molar-refractivity contribution in [2.24, 2.45) is 5.10 Å². The van der Waals surface area contributed by atoms with Crippen LogP contribution in [0.1, 0.15) is 43.2 Å². The van der Waals surface area contributed by atoms with Gasteiger partial charge in [0.25, 0.3) is 5.91 Å². The highest BCUT2D eigenvalue weighted by atomic mass is 16.6. The Labute approximate surface area is 211 Å². The smallest absolute Gasteiger partial charge is 0.284 e. The van der Waals surface area contributed by atoms with Gasteiger partial charge in [-0.1, -0.05) is 75.4 Å². The number of amides is 1. The molecule has 0 aliphatic carbocycles. The van der Waals surface area contributed by atoms with Crippen LogP contribution in [0.5, 0.6) is 11.5 Å². The minimum atomic E-state index is -0.773. The fourth-order valence-corrected chi connectivity index (χ4v) is 4.49. The Morgan fingerprint density at radius 2 is 1.81 bits per heavy atom. The molecule has 6 nitrogen and oxygen atoms in total. The number of ether oxygens (including phenoxy) is 2. The molecule has 1 atom stereocenters. The van der Waals surface area contributed by atoms with Crippen LogP contribution in [0.4, 0.5) is 0 Å². The summed E-state index contributed by atoms with van der Waals surface area (Å²) in [6.45, 7) is 9.38. The van der Waals surface area contributed by atoms with Gasteiger partial charge >= 0.3 is 0 Å². The number of fused-ring (bicyclic) bond motifs is 2. The zero-order valence-electron chi connectivity index (χ0n) is 21.1. The van der Waals surface area contributed by atoms with E-state index in [-0.39, 0.29) is 17.9 Å². The lowest BCUT2D eigenvalue weighted by molar-refractivity contribution is -0.130. The number of para-hydroxylation sites is 1. The van der Waals surface area contributed by atoms with E-state index in [2.05, 4.69) is 67.1 Å². The van der Waals surface area contributed by atoms with Gasteiger partial charge in [-0.2, -0.15) is 5.10 Å². The number of hydrogen-bond donors (Lipinski definition) is 1. The maximum absolute atomic E-state index is 12.8. The first-order valence-corrected chi connectivity index (χ1v) is 12.2. The Kier molecular flexibility index (Phi) is 6.27. The molecule has 0 spiro atoms. The molecule has 0 bridgehead atoms. The highest BCUT2D eigenvalue weighted by Gasteiger charge is 2.28. The second-order valence-electron chi connectivity index (χ2n) is 10.2. The number of nitrogens with one attached hydrogen (secondary N) is 1. The summed E-state index contributed by atoms with van der Waals surface area (Å²) in [5, 5.41) is 5.38. The van der Waals surface area contributed by atoms with Gasteiger partial charge in [0.05, 0.1) is 6.21 Å². The molecule has 0 fully saturated rings. The second kappa shape index (κ2) is 9.53. The van der Waals surface area contributed by atoms with E-state index in [1.807, 2.05) is 48.5 Å². The molecule has 1 N–H and O–H groups in total. The molecule has 0 saturated carbocycles. The van der Waals surface area contributed by atoms with Crippen LogP contribution in [0.25, 0.3) is 10.9 Å². The molecule has 4 aromatic rings. The molecule has 36 heavy (non-hydrogen) atoms. The number of nitrogens with zero attached hydrogens (tertiary/aromatic N) is 2. The van der Waals surface area contributed by atoms with Crippen molar-refractivity contribution in [2.45, 2.75) is 45.8 Å². The van der Waals surface area contributed by atoms with Crippen molar-refractivity contribution in [2.75, 3.05) is 6.61 Å². The van der Waals surface area contributed by atoms with Crippen LogP contribution in [-0.4, -0.2) is 29.4 Å². The third-order valence-electron chi connectivity index (χ3n) is 6.59. The van der Waals surface area contributed by atoms with Crippen molar-refractivity contribution in [3.63, 3.8) is 0 Å². The number of carbonyl (C=O) groups is 1. The van der Waals surface area contributed by atoms with Gasteiger partial charge in [0.2, 0.25) is 6.10 Å². The van der Waals surface area contributed by atoms with Crippen LogP contribution in [0.15, 0.2) is 77.9 Å². The lowest BCUT2D eigenvalue weighted by Gasteiger charge is -2.27. The maximum atomic E-state index is 12.8. The molecular formula is C30H31N3O3. The molecule has 2 heterocycles. The Morgan fingerprint density at radius 3 is 2.58 bits per heavy atom. The summed E-state index contributed by atoms with van der Waals surface area (Å²) in [4.78, 5) is 12.8. The number of aromatic nitrogens is 1. The Balaban J connectivity index is 1.33. The molecular weight excluding hydrogens is 450 g/mol. The number of benzene rings is 3. The molecule has 184 valence electrons. The van der Waals surface area contributed by atoms with Crippen molar-refractivity contribution in [1.82, 2.24) is 9.99 Å². The van der Waals surface area contributed by atoms with E-state index in [0.717, 1.165) is 34.3 Å². The van der Waals surface area contributed by atoms with E-state index in [9.17, 15) is 4.79 Å². The summed E-state index contributed by atoms with van der Waals surface area (Å²) >= 11 is 0. The Bertz CT molecular complexity index is 1430. The molecule has 3 aromatic carbocycles. The Hall–Kier alpha value is -4.06. The number of carbonyl (C=O) groups excluding carboxylic acids is 1. The van der Waals surface area contributed by atoms with Crippen LogP contribution in [0.3, 0.4) is 0 Å². The summed E-state index contributed by atoms with van der Waals surface area (Å²) in [7, 11) is 0. The van der Waals surface area contributed by atoms with Gasteiger partial charge in [0.1, 0.15) is 6.61 Å². The number of rotatable bonds is 5. The summed E-state index contributed by atoms with van der Waals surface area (Å²) in [5.74, 6) is 0.888. The van der Waals surface area contributed by atoms with Crippen molar-refractivity contribution < 1.29 is 14.3 Å². The number of hydrogen-bond acceptors (Lipinski definition) is 4. The molecule has 0 radical (unpaired) electrons. The van der Waals surface area contributed by atoms with Crippen molar-refractivity contribution in [3.05, 3.63) is 95.2 Å². The minimum Gasteiger partial charge on any atom is -0.485 e. The van der Waals surface area contributed by atoms with Gasteiger partial charge in [0, 0.05) is 28.7 Å². The molecule has 6 heteroatoms. The highest BCUT2D eigenvalue weighted by Crippen LogP contribution is 2.36. The summed E-state index contributed by atoms with van der Waals surface area (Å²) in [6, 6.07) is 24.5. The van der Waals surface area contributed by atoms with Gasteiger partial charge in [-0.05, 0) is 41.7 Å². The zero-order valence-corrected chi connectivity index (χ0v) is 21.1. The summed E-state index contributed by atoms with van der Waals surface area (Å²) in [5.41, 5.74) is 8.14. The molecule has 1 aliphatic heterocycles. The van der Waals surface area contributed by atoms with E-state index in [1.54, 1.807) is 6.21 Å². The third-order valence-corrected chi connectivity index (χ3v) is 6.59. The summed E-state index contributed by atoms with van der Waals surface area (Å²) < 4.78 is 14.0. The van der Waals surface area contributed by atoms with Crippen molar-refractivity contribution in [1.29, 1.82) is 0 Å². The Morgan fingerprint density at radius 1 is 1.06 bits per heavy atom. The standard InChI is InChI=1S/C30H31N3O3/c1-20-24(23-12-8-9-13-25(23)33(20)18-21-10-6-5-7-11-21)17-31-32-29(34)28-19-35-26-15-14-22(30(2,3)4)16-27(26)36-28/h5-17,28H,18-19H2,1-4H3,(H,32,34). The lowest BCUT2D eigenvalue weighted by Crippen LogP contribution is -2.42. The van der Waals surface area contributed by atoms with Crippen LogP contribution in [-0.2, 0) is 16.8 Å². The molecule has 1 aromatic heterocycles. The normalized spacial score (nSPS) is 15.4. The average Bonchev–Trinajstić information content (AvgIpc) is 3.14. The third kappa shape index (κ3) is 4.71. The molecule has 1 unspecified atom stereocenters. The fourth-order valence-electron chi connectivity index (χ4n) is 4.49. The minimum absolute atomic E-state index is 0.0323. The zero-order chi connectivity index (χ0) is 25.3. The molecule has 5 rings (SSSR count). The van der Waals surface area contributed by atoms with E-state index >= 15 is 0 Å². The fraction of sp³-hybridized carbons (Fsp3) is 0.267. The van der Waals surface area contributed by atoms with E-state index < -0.39 is 6.10 Å². The molecule has 1 aliphatic rings. The molecule has 1 amide bonds. The monoisotopic (exact) mass is 481 g/mol. The lowest BCUT2D eigenvalue weighted by atomic mass is 9.87. The summed E-state index contributed by atoms with van der Waals surface area (Å²) in [6.07, 6.45) is 0.942. The van der Waals surface area contributed by atoms with E-state index in [0.29, 0.717) is 11.5 Å². The topological polar surface area (TPSA) is 64.8 Å². The largest absolute Gasteiger partial charge is 0.485 e. The predicted molar refractivity (Wildman–Crippen MR) is 143 cm³/mol. The number of hydrazone groups is 1. The average molecular weight is 482 g/mol. The highest BCUT2D eigenvalue weighted by molar-refractivity contribution is 6.01. The van der Waals surface area contributed by atoms with Crippen LogP contribution < -0.4 is 14.9 Å². The predicted octanol–water partition coefficient (Wildman–Crippen LogP) is 5.59. The van der Waals surface area contributed by atoms with E-state index in [1.165, 1.54) is 5.56 Å². The van der Waals surface area contributed by atoms with Gasteiger partial charge in [-0.3, -0.25) is 4.79 Å². The van der Waals surface area contributed by atoms with Crippen LogP contribution in [0, 0.1) is 6.92 Å². The first-order valence-electron chi connectivity index (χ1n) is 12.2. The van der Waals surface area contributed by atoms with Gasteiger partial charge in [0.15, 0.2) is 11.5 Å². The van der Waals surface area contributed by atoms with Gasteiger partial charge < -0.3 is 14.0 Å². The SMILES string of the molecule is Cc1c(C=NNC(=O)C2COc3ccc(C(C)(C)C)cc3O2)c2ccccc2n1Cc1ccccc1. The first-order chi connectivity index (χ1) is 17.3. The maximum Gasteiger partial charge on any atom is 0.284 e. The van der Waals surface area contributed by atoms with Crippen LogP contribution >= 0.6 is 0 Å². The van der Waals surface area contributed by atoms with E-state index in [4.69, 9.17) is 9.47 Å². The van der Waals surface area contributed by atoms with Crippen molar-refractivity contribution >= 4 is 23.0 Å². The van der Waals surface area contributed by atoms with Gasteiger partial charge in [-0.25, -0.2) is 5.43 Å².